The van der Waals surface area contributed by atoms with Crippen molar-refractivity contribution in [1.29, 1.82) is 0 Å². The summed E-state index contributed by atoms with van der Waals surface area (Å²) in [6.07, 6.45) is 7.00. The summed E-state index contributed by atoms with van der Waals surface area (Å²) in [4.78, 5) is 27.3. The van der Waals surface area contributed by atoms with E-state index in [2.05, 4.69) is 12.2 Å². The van der Waals surface area contributed by atoms with Crippen LogP contribution in [-0.2, 0) is 19.0 Å². The van der Waals surface area contributed by atoms with Gasteiger partial charge in [-0.1, -0.05) is 48.6 Å². The lowest BCUT2D eigenvalue weighted by atomic mass is 9.58. The Hall–Kier alpha value is -2.66. The third-order valence-electron chi connectivity index (χ3n) is 10.6. The Balaban J connectivity index is 1.14. The number of ether oxygens (including phenoxy) is 3. The zero-order valence-electron chi connectivity index (χ0n) is 21.6. The zero-order chi connectivity index (χ0) is 25.2. The van der Waals surface area contributed by atoms with Gasteiger partial charge in [0.2, 0.25) is 0 Å². The lowest BCUT2D eigenvalue weighted by Gasteiger charge is -2.45. The van der Waals surface area contributed by atoms with Crippen LogP contribution < -0.4 is 0 Å². The molecule has 5 nitrogen and oxygen atoms in total. The first-order chi connectivity index (χ1) is 17.8. The molecule has 0 amide bonds. The number of benzene rings is 2. The van der Waals surface area contributed by atoms with E-state index < -0.39 is 17.6 Å². The number of hydrogen-bond donors (Lipinski definition) is 0. The van der Waals surface area contributed by atoms with Crippen LogP contribution in [0.4, 0.5) is 0 Å². The van der Waals surface area contributed by atoms with Crippen LogP contribution >= 0.6 is 0 Å². The van der Waals surface area contributed by atoms with Crippen molar-refractivity contribution in [3.63, 3.8) is 0 Å². The summed E-state index contributed by atoms with van der Waals surface area (Å²) >= 11 is 0. The molecule has 2 aromatic rings. The Morgan fingerprint density at radius 2 is 1.51 bits per heavy atom. The van der Waals surface area contributed by atoms with Crippen LogP contribution in [0.25, 0.3) is 10.8 Å². The molecule has 2 heterocycles. The molecule has 12 atom stereocenters. The second-order valence-electron chi connectivity index (χ2n) is 13.3. The average molecular weight is 499 g/mol. The SMILES string of the molecule is CC(C)(C)OC(=O)C1C2CC(C1OC(=O)c1cccc3ccccc13)C1C3OC(C4C5C=CC(C5)C34)C21. The third kappa shape index (κ3) is 3.01. The zero-order valence-corrected chi connectivity index (χ0v) is 21.6. The van der Waals surface area contributed by atoms with Gasteiger partial charge in [-0.25, -0.2) is 4.79 Å². The summed E-state index contributed by atoms with van der Waals surface area (Å²) in [6.45, 7) is 5.72. The van der Waals surface area contributed by atoms with Gasteiger partial charge in [-0.15, -0.1) is 0 Å². The molecule has 0 spiro atoms. The third-order valence-corrected chi connectivity index (χ3v) is 10.6. The number of carbonyl (C=O) groups excluding carboxylic acids is 2. The maximum absolute atomic E-state index is 13.7. The summed E-state index contributed by atoms with van der Waals surface area (Å²) in [6, 6.07) is 13.6. The van der Waals surface area contributed by atoms with Crippen LogP contribution in [0.3, 0.4) is 0 Å². The van der Waals surface area contributed by atoms with Crippen LogP contribution in [0.2, 0.25) is 0 Å². The molecule has 12 unspecified atom stereocenters. The van der Waals surface area contributed by atoms with E-state index in [0.717, 1.165) is 17.2 Å². The van der Waals surface area contributed by atoms with Crippen molar-refractivity contribution in [2.75, 3.05) is 0 Å². The van der Waals surface area contributed by atoms with Crippen LogP contribution in [0, 0.1) is 53.3 Å². The highest BCUT2D eigenvalue weighted by molar-refractivity contribution is 6.04. The fourth-order valence-electron chi connectivity index (χ4n) is 9.69. The molecule has 5 heteroatoms. The molecule has 8 rings (SSSR count). The normalized spacial score (nSPS) is 43.9. The maximum atomic E-state index is 13.7. The second-order valence-corrected chi connectivity index (χ2v) is 13.3. The van der Waals surface area contributed by atoms with Gasteiger partial charge in [-0.05, 0) is 91.9 Å². The number of rotatable bonds is 3. The first-order valence-electron chi connectivity index (χ1n) is 14.1. The van der Waals surface area contributed by atoms with Gasteiger partial charge in [0.15, 0.2) is 0 Å². The summed E-state index contributed by atoms with van der Waals surface area (Å²) in [7, 11) is 0. The van der Waals surface area contributed by atoms with E-state index in [0.29, 0.717) is 41.1 Å². The summed E-state index contributed by atoms with van der Waals surface area (Å²) in [5.41, 5.74) is -0.0309. The molecule has 2 aliphatic heterocycles. The smallest absolute Gasteiger partial charge is 0.339 e. The van der Waals surface area contributed by atoms with Crippen LogP contribution in [-0.4, -0.2) is 35.9 Å². The van der Waals surface area contributed by atoms with Gasteiger partial charge < -0.3 is 14.2 Å². The Labute approximate surface area is 217 Å². The molecule has 6 bridgehead atoms. The van der Waals surface area contributed by atoms with Gasteiger partial charge in [0, 0.05) is 5.92 Å². The van der Waals surface area contributed by atoms with Gasteiger partial charge in [0.1, 0.15) is 11.7 Å². The van der Waals surface area contributed by atoms with Gasteiger partial charge in [-0.2, -0.15) is 0 Å². The maximum Gasteiger partial charge on any atom is 0.339 e. The lowest BCUT2D eigenvalue weighted by Crippen LogP contribution is -2.52. The van der Waals surface area contributed by atoms with Crippen molar-refractivity contribution in [2.45, 2.75) is 57.5 Å². The first kappa shape index (κ1) is 22.3. The molecule has 192 valence electrons. The fourth-order valence-corrected chi connectivity index (χ4v) is 9.69. The largest absolute Gasteiger partial charge is 0.460 e. The molecule has 2 aromatic carbocycles. The number of fused-ring (bicyclic) bond motifs is 17. The van der Waals surface area contributed by atoms with Gasteiger partial charge in [0.25, 0.3) is 0 Å². The minimum absolute atomic E-state index is 0.144. The molecular weight excluding hydrogens is 464 g/mol. The molecule has 0 aromatic heterocycles. The molecule has 37 heavy (non-hydrogen) atoms. The predicted octanol–water partition coefficient (Wildman–Crippen LogP) is 5.42. The van der Waals surface area contributed by atoms with E-state index in [4.69, 9.17) is 14.2 Å². The van der Waals surface area contributed by atoms with Gasteiger partial charge in [-0.3, -0.25) is 4.79 Å². The topological polar surface area (TPSA) is 61.8 Å². The summed E-state index contributed by atoms with van der Waals surface area (Å²) in [5, 5.41) is 1.88. The fraction of sp³-hybridized carbons (Fsp3) is 0.562. The number of allylic oxidation sites excluding steroid dienone is 2. The highest BCUT2D eigenvalue weighted by Gasteiger charge is 2.75. The van der Waals surface area contributed by atoms with E-state index in [-0.39, 0.29) is 36.0 Å². The predicted molar refractivity (Wildman–Crippen MR) is 137 cm³/mol. The summed E-state index contributed by atoms with van der Waals surface area (Å²) in [5.74, 6) is 2.48. The number of esters is 2. The second kappa shape index (κ2) is 7.47. The Morgan fingerprint density at radius 1 is 0.838 bits per heavy atom. The van der Waals surface area contributed by atoms with Crippen molar-refractivity contribution in [3.05, 3.63) is 60.2 Å². The number of carbonyl (C=O) groups is 2. The monoisotopic (exact) mass is 498 g/mol. The van der Waals surface area contributed by atoms with Crippen molar-refractivity contribution in [2.24, 2.45) is 53.3 Å². The standard InChI is InChI=1S/C32H34O5/c1-32(2,3)37-31(34)26-20-14-21(25-24(20)28-22-16-11-12-17(13-16)23(22)29(25)35-28)27(26)36-30(33)19-10-6-8-15-7-4-5-9-18(15)19/h4-12,16-17,20-29H,13-14H2,1-3H3. The minimum Gasteiger partial charge on any atom is -0.460 e. The van der Waals surface area contributed by atoms with Crippen LogP contribution in [0.15, 0.2) is 54.6 Å². The molecular formula is C32H34O5. The van der Waals surface area contributed by atoms with E-state index in [1.807, 2.05) is 63.2 Å². The van der Waals surface area contributed by atoms with Crippen LogP contribution in [0.1, 0.15) is 44.0 Å². The molecule has 4 aliphatic carbocycles. The minimum atomic E-state index is -0.589. The highest BCUT2D eigenvalue weighted by Crippen LogP contribution is 2.72. The quantitative estimate of drug-likeness (QED) is 0.418. The van der Waals surface area contributed by atoms with Crippen molar-refractivity contribution in [1.82, 2.24) is 0 Å². The van der Waals surface area contributed by atoms with E-state index >= 15 is 0 Å². The molecule has 5 fully saturated rings. The summed E-state index contributed by atoms with van der Waals surface area (Å²) < 4.78 is 19.1. The Morgan fingerprint density at radius 3 is 2.24 bits per heavy atom. The van der Waals surface area contributed by atoms with Crippen molar-refractivity contribution < 1.29 is 23.8 Å². The first-order valence-corrected chi connectivity index (χ1v) is 14.1. The highest BCUT2D eigenvalue weighted by atomic mass is 16.6. The Bertz CT molecular complexity index is 1330. The molecule has 0 N–H and O–H groups in total. The van der Waals surface area contributed by atoms with E-state index in [9.17, 15) is 9.59 Å². The average Bonchev–Trinajstić information content (AvgIpc) is 3.68. The molecule has 3 saturated carbocycles. The van der Waals surface area contributed by atoms with Gasteiger partial charge in [0.05, 0.1) is 23.7 Å². The molecule has 0 radical (unpaired) electrons. The van der Waals surface area contributed by atoms with Gasteiger partial charge >= 0.3 is 11.9 Å². The van der Waals surface area contributed by atoms with Crippen LogP contribution in [0.5, 0.6) is 0 Å². The van der Waals surface area contributed by atoms with E-state index in [1.54, 1.807) is 0 Å². The van der Waals surface area contributed by atoms with Crippen molar-refractivity contribution in [3.8, 4) is 0 Å². The van der Waals surface area contributed by atoms with Crippen molar-refractivity contribution >= 4 is 22.7 Å². The lowest BCUT2D eigenvalue weighted by molar-refractivity contribution is -0.169. The molecule has 6 aliphatic rings. The Kier molecular flexibility index (Phi) is 4.51. The van der Waals surface area contributed by atoms with E-state index in [1.165, 1.54) is 6.42 Å². The molecule has 2 saturated heterocycles. The number of hydrogen-bond acceptors (Lipinski definition) is 5.